The number of nitrogens with zero attached hydrogens (tertiary/aromatic N) is 5. The Morgan fingerprint density at radius 3 is 2.69 bits per heavy atom. The first kappa shape index (κ1) is 26.8. The Balaban J connectivity index is 1.41. The van der Waals surface area contributed by atoms with Crippen molar-refractivity contribution in [3.63, 3.8) is 0 Å². The molecule has 1 unspecified atom stereocenters. The van der Waals surface area contributed by atoms with Gasteiger partial charge in [0.15, 0.2) is 0 Å². The Kier molecular flexibility index (Phi) is 7.68. The third-order valence-electron chi connectivity index (χ3n) is 6.33. The summed E-state index contributed by atoms with van der Waals surface area (Å²) < 4.78 is 41.8. The molecule has 1 aromatic carbocycles. The number of amides is 2. The molecule has 2 amide bonds. The second-order valence-corrected chi connectivity index (χ2v) is 10.5. The lowest BCUT2D eigenvalue weighted by atomic mass is 10.1. The van der Waals surface area contributed by atoms with Crippen LogP contribution in [0.4, 0.5) is 15.9 Å². The van der Waals surface area contributed by atoms with Crippen molar-refractivity contribution in [3.05, 3.63) is 65.4 Å². The molecular formula is C25H22BrFN7O4S-. The van der Waals surface area contributed by atoms with Crippen LogP contribution in [-0.4, -0.2) is 63.8 Å². The van der Waals surface area contributed by atoms with Gasteiger partial charge in [0.25, 0.3) is 0 Å². The Bertz CT molecular complexity index is 1580. The number of aryl methyl sites for hydroxylation is 1. The first-order valence-electron chi connectivity index (χ1n) is 11.8. The third kappa shape index (κ3) is 5.97. The number of fused-ring (bicyclic) bond motifs is 1. The predicted octanol–water partition coefficient (Wildman–Crippen LogP) is 3.35. The van der Waals surface area contributed by atoms with Gasteiger partial charge in [-0.15, -0.1) is 0 Å². The summed E-state index contributed by atoms with van der Waals surface area (Å²) in [5, 5.41) is 3.18. The van der Waals surface area contributed by atoms with Gasteiger partial charge in [0.1, 0.15) is 35.0 Å². The molecule has 1 fully saturated rings. The maximum absolute atomic E-state index is 14.4. The zero-order valence-electron chi connectivity index (χ0n) is 20.5. The fourth-order valence-electron chi connectivity index (χ4n) is 4.55. The molecule has 202 valence electrons. The standard InChI is InChI=1S/C25H23BrFN7O4S/c1-14-28-9-16(10-29-14)15-5-6-20-18(7-15)19(32-39(37)38)12-33(20)13-24(35)34-11-17(27)8-21(34)25(36)31-23-4-2-3-22(26)30-23/h2-7,9-10,12,17,21,32H,8,11,13H2,1H3,(H,37,38)(H,30,31,36)/p-1/t17-,21+/m1/s1. The molecule has 0 saturated carbocycles. The highest BCUT2D eigenvalue weighted by Crippen LogP contribution is 2.32. The lowest BCUT2D eigenvalue weighted by molar-refractivity contribution is -0.137. The van der Waals surface area contributed by atoms with E-state index in [4.69, 9.17) is 0 Å². The molecule has 0 aliphatic carbocycles. The van der Waals surface area contributed by atoms with Gasteiger partial charge in [-0.2, -0.15) is 0 Å². The van der Waals surface area contributed by atoms with Gasteiger partial charge < -0.3 is 24.1 Å². The molecule has 0 radical (unpaired) electrons. The van der Waals surface area contributed by atoms with Crippen molar-refractivity contribution >= 4 is 61.4 Å². The quantitative estimate of drug-likeness (QED) is 0.240. The molecule has 1 aliphatic heterocycles. The van der Waals surface area contributed by atoms with Gasteiger partial charge in [-0.05, 0) is 52.7 Å². The van der Waals surface area contributed by atoms with Crippen LogP contribution in [0.25, 0.3) is 22.0 Å². The molecule has 0 bridgehead atoms. The van der Waals surface area contributed by atoms with Gasteiger partial charge in [0, 0.05) is 47.2 Å². The smallest absolute Gasteiger partial charge is 0.248 e. The average Bonchev–Trinajstić information content (AvgIpc) is 3.44. The van der Waals surface area contributed by atoms with Gasteiger partial charge in [0.05, 0.1) is 17.7 Å². The van der Waals surface area contributed by atoms with Crippen LogP contribution in [0.1, 0.15) is 12.2 Å². The average molecular weight is 615 g/mol. The highest BCUT2D eigenvalue weighted by atomic mass is 79.9. The van der Waals surface area contributed by atoms with Crippen LogP contribution in [-0.2, 0) is 27.4 Å². The van der Waals surface area contributed by atoms with Crippen molar-refractivity contribution in [3.8, 4) is 11.1 Å². The minimum atomic E-state index is -2.61. The van der Waals surface area contributed by atoms with Crippen molar-refractivity contribution in [2.24, 2.45) is 0 Å². The van der Waals surface area contributed by atoms with Crippen molar-refractivity contribution in [1.29, 1.82) is 0 Å². The van der Waals surface area contributed by atoms with Crippen LogP contribution >= 0.6 is 15.9 Å². The highest BCUT2D eigenvalue weighted by Gasteiger charge is 2.40. The summed E-state index contributed by atoms with van der Waals surface area (Å²) in [4.78, 5) is 40.1. The molecule has 4 aromatic rings. The normalized spacial score (nSPS) is 17.8. The zero-order valence-corrected chi connectivity index (χ0v) is 22.9. The number of benzene rings is 1. The van der Waals surface area contributed by atoms with Crippen LogP contribution in [0.3, 0.4) is 0 Å². The summed E-state index contributed by atoms with van der Waals surface area (Å²) in [6.07, 6.45) is 3.33. The van der Waals surface area contributed by atoms with Crippen LogP contribution in [0.15, 0.2) is 59.6 Å². The lowest BCUT2D eigenvalue weighted by Gasteiger charge is -2.24. The Morgan fingerprint density at radius 1 is 1.21 bits per heavy atom. The van der Waals surface area contributed by atoms with E-state index in [1.807, 2.05) is 6.07 Å². The Labute approximate surface area is 233 Å². The fourth-order valence-corrected chi connectivity index (χ4v) is 5.24. The monoisotopic (exact) mass is 614 g/mol. The lowest BCUT2D eigenvalue weighted by Crippen LogP contribution is -2.44. The maximum atomic E-state index is 14.4. The molecule has 11 nitrogen and oxygen atoms in total. The van der Waals surface area contributed by atoms with Crippen molar-refractivity contribution in [2.45, 2.75) is 32.1 Å². The fraction of sp³-hybridized carbons (Fsp3) is 0.240. The molecule has 39 heavy (non-hydrogen) atoms. The molecule has 14 heteroatoms. The number of rotatable bonds is 7. The number of carbonyl (C=O) groups is 2. The van der Waals surface area contributed by atoms with Crippen LogP contribution in [0, 0.1) is 6.92 Å². The Morgan fingerprint density at radius 2 is 1.97 bits per heavy atom. The maximum Gasteiger partial charge on any atom is 0.248 e. The van der Waals surface area contributed by atoms with E-state index in [2.05, 4.69) is 40.9 Å². The van der Waals surface area contributed by atoms with E-state index >= 15 is 0 Å². The van der Waals surface area contributed by atoms with E-state index in [1.54, 1.807) is 54.2 Å². The molecule has 3 aromatic heterocycles. The minimum Gasteiger partial charge on any atom is -0.755 e. The second kappa shape index (κ2) is 11.2. The zero-order chi connectivity index (χ0) is 27.7. The van der Waals surface area contributed by atoms with Crippen LogP contribution < -0.4 is 10.0 Å². The third-order valence-corrected chi connectivity index (χ3v) is 7.16. The first-order chi connectivity index (χ1) is 18.7. The minimum absolute atomic E-state index is 0.137. The molecule has 1 aliphatic rings. The SMILES string of the molecule is Cc1ncc(-c2ccc3c(c2)c(NS(=O)[O-])cn3CC(=O)N2C[C@H](F)C[C@H]2C(=O)Nc2cccc(Br)n2)cn1. The van der Waals surface area contributed by atoms with E-state index in [-0.39, 0.29) is 31.0 Å². The largest absolute Gasteiger partial charge is 0.755 e. The molecule has 3 atom stereocenters. The molecule has 2 N–H and O–H groups in total. The molecule has 0 spiro atoms. The van der Waals surface area contributed by atoms with E-state index in [9.17, 15) is 22.7 Å². The van der Waals surface area contributed by atoms with Crippen molar-refractivity contribution in [2.75, 3.05) is 16.6 Å². The topological polar surface area (TPSA) is 145 Å². The van der Waals surface area contributed by atoms with E-state index < -0.39 is 35.3 Å². The Hall–Kier alpha value is -3.75. The van der Waals surface area contributed by atoms with Crippen LogP contribution in [0.5, 0.6) is 0 Å². The summed E-state index contributed by atoms with van der Waals surface area (Å²) in [6, 6.07) is 9.30. The number of pyridine rings is 1. The van der Waals surface area contributed by atoms with Gasteiger partial charge in [-0.25, -0.2) is 19.3 Å². The molecule has 5 rings (SSSR count). The number of hydrogen-bond acceptors (Lipinski definition) is 7. The summed E-state index contributed by atoms with van der Waals surface area (Å²) in [7, 11) is 0. The van der Waals surface area contributed by atoms with Crippen LogP contribution in [0.2, 0.25) is 0 Å². The van der Waals surface area contributed by atoms with Gasteiger partial charge in [0.2, 0.25) is 11.8 Å². The number of alkyl halides is 1. The second-order valence-electron chi connectivity index (χ2n) is 8.99. The van der Waals surface area contributed by atoms with E-state index in [0.29, 0.717) is 21.3 Å². The summed E-state index contributed by atoms with van der Waals surface area (Å²) in [6.45, 7) is 1.31. The van der Waals surface area contributed by atoms with E-state index in [1.165, 1.54) is 11.1 Å². The molecular weight excluding hydrogens is 593 g/mol. The molecule has 1 saturated heterocycles. The molecule has 4 heterocycles. The number of likely N-dealkylation sites (tertiary alicyclic amines) is 1. The van der Waals surface area contributed by atoms with E-state index in [0.717, 1.165) is 11.1 Å². The number of carbonyl (C=O) groups excluding carboxylic acids is 2. The number of anilines is 2. The van der Waals surface area contributed by atoms with Crippen molar-refractivity contribution in [1.82, 2.24) is 24.4 Å². The van der Waals surface area contributed by atoms with Crippen molar-refractivity contribution < 1.29 is 22.7 Å². The number of halogens is 2. The highest BCUT2D eigenvalue weighted by molar-refractivity contribution is 9.10. The summed E-state index contributed by atoms with van der Waals surface area (Å²) in [5.74, 6) is -0.136. The summed E-state index contributed by atoms with van der Waals surface area (Å²) >= 11 is 0.623. The number of aromatic nitrogens is 4. The van der Waals surface area contributed by atoms with Gasteiger partial charge in [-0.1, -0.05) is 12.1 Å². The summed E-state index contributed by atoms with van der Waals surface area (Å²) in [5.41, 5.74) is 2.33. The number of nitrogens with one attached hydrogen (secondary N) is 2. The van der Waals surface area contributed by atoms with Gasteiger partial charge in [-0.3, -0.25) is 13.8 Å². The first-order valence-corrected chi connectivity index (χ1v) is 13.7. The predicted molar refractivity (Wildman–Crippen MR) is 146 cm³/mol. The van der Waals surface area contributed by atoms with Gasteiger partial charge >= 0.3 is 0 Å². The number of hydrogen-bond donors (Lipinski definition) is 2.